The largest absolute Gasteiger partial charge is 0.488 e. The minimum atomic E-state index is -0.528. The van der Waals surface area contributed by atoms with Crippen molar-refractivity contribution in [3.05, 3.63) is 111 Å². The van der Waals surface area contributed by atoms with E-state index in [1.807, 2.05) is 48.5 Å². The zero-order valence-electron chi connectivity index (χ0n) is 17.4. The van der Waals surface area contributed by atoms with Crippen molar-refractivity contribution in [2.75, 3.05) is 5.32 Å². The molecule has 4 aromatic carbocycles. The Bertz CT molecular complexity index is 1400. The summed E-state index contributed by atoms with van der Waals surface area (Å²) in [6, 6.07) is 28.4. The van der Waals surface area contributed by atoms with Crippen LogP contribution in [0.4, 0.5) is 5.69 Å². The summed E-state index contributed by atoms with van der Waals surface area (Å²) in [7, 11) is 0. The van der Waals surface area contributed by atoms with Crippen LogP contribution >= 0.6 is 27.5 Å². The van der Waals surface area contributed by atoms with Gasteiger partial charge in [-0.05, 0) is 58.8 Å². The van der Waals surface area contributed by atoms with Gasteiger partial charge in [-0.15, -0.1) is 0 Å². The van der Waals surface area contributed by atoms with Crippen LogP contribution in [0.1, 0.15) is 11.1 Å². The summed E-state index contributed by atoms with van der Waals surface area (Å²) >= 11 is 9.43. The van der Waals surface area contributed by atoms with E-state index < -0.39 is 5.91 Å². The summed E-state index contributed by atoms with van der Waals surface area (Å²) in [5.41, 5.74) is 2.12. The van der Waals surface area contributed by atoms with Crippen molar-refractivity contribution in [3.63, 3.8) is 0 Å². The first-order valence-corrected chi connectivity index (χ1v) is 11.3. The first kappa shape index (κ1) is 22.6. The Hall–Kier alpha value is -3.59. The first-order chi connectivity index (χ1) is 16.0. The summed E-state index contributed by atoms with van der Waals surface area (Å²) in [6.07, 6.45) is 1.52. The van der Waals surface area contributed by atoms with Gasteiger partial charge in [-0.1, -0.05) is 76.1 Å². The van der Waals surface area contributed by atoms with Crippen molar-refractivity contribution < 1.29 is 9.53 Å². The number of ether oxygens (including phenoxy) is 1. The maximum absolute atomic E-state index is 12.7. The fraction of sp³-hybridized carbons (Fsp3) is 0.0370. The Morgan fingerprint density at radius 1 is 1.03 bits per heavy atom. The average Bonchev–Trinajstić information content (AvgIpc) is 2.82. The van der Waals surface area contributed by atoms with Gasteiger partial charge in [0.05, 0.1) is 0 Å². The second-order valence-corrected chi connectivity index (χ2v) is 8.60. The van der Waals surface area contributed by atoms with Gasteiger partial charge in [-0.3, -0.25) is 4.79 Å². The number of carbonyl (C=O) groups excluding carboxylic acids is 1. The lowest BCUT2D eigenvalue weighted by molar-refractivity contribution is -0.112. The lowest BCUT2D eigenvalue weighted by Crippen LogP contribution is -2.13. The Morgan fingerprint density at radius 2 is 1.82 bits per heavy atom. The van der Waals surface area contributed by atoms with Gasteiger partial charge in [0.1, 0.15) is 24.0 Å². The molecular formula is C27H18BrClN2O2. The molecule has 4 aromatic rings. The average molecular weight is 518 g/mol. The number of anilines is 1. The Balaban J connectivity index is 1.59. The van der Waals surface area contributed by atoms with E-state index in [1.165, 1.54) is 6.08 Å². The van der Waals surface area contributed by atoms with E-state index in [-0.39, 0.29) is 5.57 Å². The molecule has 0 radical (unpaired) electrons. The van der Waals surface area contributed by atoms with E-state index in [0.717, 1.165) is 20.8 Å². The van der Waals surface area contributed by atoms with Gasteiger partial charge in [-0.2, -0.15) is 5.26 Å². The van der Waals surface area contributed by atoms with Gasteiger partial charge < -0.3 is 10.1 Å². The maximum atomic E-state index is 12.7. The predicted octanol–water partition coefficient (Wildman–Crippen LogP) is 7.38. The molecule has 162 valence electrons. The van der Waals surface area contributed by atoms with E-state index in [9.17, 15) is 10.1 Å². The Labute approximate surface area is 205 Å². The summed E-state index contributed by atoms with van der Waals surface area (Å²) in [5.74, 6) is 0.0363. The van der Waals surface area contributed by atoms with Gasteiger partial charge >= 0.3 is 0 Å². The van der Waals surface area contributed by atoms with Crippen molar-refractivity contribution >= 4 is 56.0 Å². The molecule has 4 nitrogen and oxygen atoms in total. The number of nitrogens with zero attached hydrogens (tertiary/aromatic N) is 1. The normalized spacial score (nSPS) is 11.1. The predicted molar refractivity (Wildman–Crippen MR) is 136 cm³/mol. The zero-order chi connectivity index (χ0) is 23.2. The van der Waals surface area contributed by atoms with Crippen LogP contribution in [0.25, 0.3) is 16.8 Å². The smallest absolute Gasteiger partial charge is 0.266 e. The molecule has 0 saturated heterocycles. The molecule has 1 amide bonds. The van der Waals surface area contributed by atoms with Gasteiger partial charge in [0, 0.05) is 20.7 Å². The molecule has 0 unspecified atom stereocenters. The summed E-state index contributed by atoms with van der Waals surface area (Å²) in [4.78, 5) is 12.7. The van der Waals surface area contributed by atoms with E-state index >= 15 is 0 Å². The molecule has 0 fully saturated rings. The van der Waals surface area contributed by atoms with Crippen molar-refractivity contribution in [3.8, 4) is 11.8 Å². The molecule has 0 spiro atoms. The molecule has 6 heteroatoms. The van der Waals surface area contributed by atoms with Gasteiger partial charge in [-0.25, -0.2) is 0 Å². The van der Waals surface area contributed by atoms with Crippen molar-refractivity contribution in [2.45, 2.75) is 6.61 Å². The molecule has 0 aromatic heterocycles. The highest BCUT2D eigenvalue weighted by molar-refractivity contribution is 9.10. The number of carbonyl (C=O) groups is 1. The highest BCUT2D eigenvalue weighted by Crippen LogP contribution is 2.28. The fourth-order valence-electron chi connectivity index (χ4n) is 3.41. The third-order valence-corrected chi connectivity index (χ3v) is 5.71. The van der Waals surface area contributed by atoms with E-state index in [0.29, 0.717) is 28.6 Å². The standard InChI is InChI=1S/C27H18BrClN2O2/c28-22-11-12-26(33-17-19-7-3-6-18-5-1-2-10-25(18)19)20(14-22)13-21(16-30)27(32)31-24-9-4-8-23(29)15-24/h1-15H,17H2,(H,31,32)/b21-13+. The van der Waals surface area contributed by atoms with Crippen molar-refractivity contribution in [1.29, 1.82) is 5.26 Å². The molecule has 0 heterocycles. The minimum Gasteiger partial charge on any atom is -0.488 e. The van der Waals surface area contributed by atoms with Gasteiger partial charge in [0.25, 0.3) is 5.91 Å². The zero-order valence-corrected chi connectivity index (χ0v) is 19.7. The Kier molecular flexibility index (Phi) is 7.09. The van der Waals surface area contributed by atoms with Crippen LogP contribution in [0.2, 0.25) is 5.02 Å². The van der Waals surface area contributed by atoms with Crippen LogP contribution in [0.5, 0.6) is 5.75 Å². The molecule has 0 aliphatic carbocycles. The highest BCUT2D eigenvalue weighted by atomic mass is 79.9. The molecule has 0 aliphatic rings. The molecule has 0 bridgehead atoms. The number of halogens is 2. The second-order valence-electron chi connectivity index (χ2n) is 7.24. The number of fused-ring (bicyclic) bond motifs is 1. The number of nitrogens with one attached hydrogen (secondary N) is 1. The van der Waals surface area contributed by atoms with Gasteiger partial charge in [0.15, 0.2) is 0 Å². The SMILES string of the molecule is N#C/C(=C\c1cc(Br)ccc1OCc1cccc2ccccc12)C(=O)Nc1cccc(Cl)c1. The van der Waals surface area contributed by atoms with Crippen LogP contribution in [0.15, 0.2) is 95.0 Å². The fourth-order valence-corrected chi connectivity index (χ4v) is 3.98. The van der Waals surface area contributed by atoms with Crippen molar-refractivity contribution in [2.24, 2.45) is 0 Å². The summed E-state index contributed by atoms with van der Waals surface area (Å²) < 4.78 is 6.93. The van der Waals surface area contributed by atoms with Crippen LogP contribution < -0.4 is 10.1 Å². The number of hydrogen-bond acceptors (Lipinski definition) is 3. The lowest BCUT2D eigenvalue weighted by atomic mass is 10.1. The second kappa shape index (κ2) is 10.4. The number of amides is 1. The van der Waals surface area contributed by atoms with Crippen LogP contribution in [-0.4, -0.2) is 5.91 Å². The number of nitriles is 1. The number of rotatable bonds is 6. The monoisotopic (exact) mass is 516 g/mol. The number of hydrogen-bond donors (Lipinski definition) is 1. The van der Waals surface area contributed by atoms with E-state index in [4.69, 9.17) is 16.3 Å². The number of benzene rings is 4. The van der Waals surface area contributed by atoms with Crippen LogP contribution in [0.3, 0.4) is 0 Å². The maximum Gasteiger partial charge on any atom is 0.266 e. The Morgan fingerprint density at radius 3 is 2.64 bits per heavy atom. The quantitative estimate of drug-likeness (QED) is 0.214. The van der Waals surface area contributed by atoms with E-state index in [1.54, 1.807) is 24.3 Å². The molecule has 0 saturated carbocycles. The molecular weight excluding hydrogens is 500 g/mol. The molecule has 1 N–H and O–H groups in total. The molecule has 33 heavy (non-hydrogen) atoms. The molecule has 0 aliphatic heterocycles. The third-order valence-electron chi connectivity index (χ3n) is 4.98. The molecule has 0 atom stereocenters. The van der Waals surface area contributed by atoms with Gasteiger partial charge in [0.2, 0.25) is 0 Å². The third kappa shape index (κ3) is 5.61. The highest BCUT2D eigenvalue weighted by Gasteiger charge is 2.13. The first-order valence-electron chi connectivity index (χ1n) is 10.1. The molecule has 4 rings (SSSR count). The van der Waals surface area contributed by atoms with Crippen LogP contribution in [-0.2, 0) is 11.4 Å². The lowest BCUT2D eigenvalue weighted by Gasteiger charge is -2.12. The minimum absolute atomic E-state index is 0.0527. The van der Waals surface area contributed by atoms with E-state index in [2.05, 4.69) is 39.4 Å². The van der Waals surface area contributed by atoms with Crippen LogP contribution in [0, 0.1) is 11.3 Å². The van der Waals surface area contributed by atoms with Crippen molar-refractivity contribution in [1.82, 2.24) is 0 Å². The topological polar surface area (TPSA) is 62.1 Å². The summed E-state index contributed by atoms with van der Waals surface area (Å²) in [5, 5.41) is 15.1. The summed E-state index contributed by atoms with van der Waals surface area (Å²) in [6.45, 7) is 0.348.